The van der Waals surface area contributed by atoms with E-state index in [0.717, 1.165) is 5.69 Å². The molecule has 114 valence electrons. The molecule has 0 fully saturated rings. The van der Waals surface area contributed by atoms with Crippen LogP contribution in [-0.2, 0) is 4.79 Å². The van der Waals surface area contributed by atoms with E-state index in [2.05, 4.69) is 57.3 Å². The molecule has 1 amide bonds. The number of anilines is 1. The average molecular weight is 304 g/mol. The molecule has 0 aliphatic rings. The van der Waals surface area contributed by atoms with Gasteiger partial charge in [-0.05, 0) is 23.0 Å². The largest absolute Gasteiger partial charge is 0.325 e. The Morgan fingerprint density at radius 2 is 1.81 bits per heavy atom. The first-order valence-corrected chi connectivity index (χ1v) is 8.50. The normalized spacial score (nSPS) is 10.7. The van der Waals surface area contributed by atoms with E-state index in [-0.39, 0.29) is 5.91 Å². The Hall–Kier alpha value is -1.47. The number of rotatable bonds is 7. The fourth-order valence-electron chi connectivity index (χ4n) is 2.15. The third kappa shape index (κ3) is 5.43. The number of nitrogens with zero attached hydrogens (tertiary/aromatic N) is 1. The van der Waals surface area contributed by atoms with Crippen molar-refractivity contribution in [3.05, 3.63) is 29.3 Å². The van der Waals surface area contributed by atoms with Crippen molar-refractivity contribution >= 4 is 23.4 Å². The number of thioether (sulfide) groups is 1. The van der Waals surface area contributed by atoms with Gasteiger partial charge in [0.15, 0.2) is 0 Å². The fraction of sp³-hybridized carbons (Fsp3) is 0.529. The first kappa shape index (κ1) is 17.6. The smallest absolute Gasteiger partial charge is 0.234 e. The maximum atomic E-state index is 12.1. The Kier molecular flexibility index (Phi) is 7.31. The topological polar surface area (TPSA) is 52.9 Å². The standard InChI is InChI=1S/C17H24N2OS/c1-12(2)14-7-5-8-15(13(3)4)17(14)19-16(20)11-21-10-6-9-18/h5,7-8,12-13H,6,10-11H2,1-4H3,(H,19,20). The Bertz CT molecular complexity index is 492. The molecule has 0 bridgehead atoms. The highest BCUT2D eigenvalue weighted by molar-refractivity contribution is 7.99. The SMILES string of the molecule is CC(C)c1cccc(C(C)C)c1NC(=O)CSCCC#N. The van der Waals surface area contributed by atoms with Gasteiger partial charge in [-0.3, -0.25) is 4.79 Å². The van der Waals surface area contributed by atoms with Gasteiger partial charge in [0.05, 0.1) is 11.8 Å². The molecule has 21 heavy (non-hydrogen) atoms. The molecule has 0 saturated carbocycles. The van der Waals surface area contributed by atoms with E-state index in [1.807, 2.05) is 0 Å². The molecule has 0 heterocycles. The lowest BCUT2D eigenvalue weighted by molar-refractivity contribution is -0.113. The second kappa shape index (κ2) is 8.74. The van der Waals surface area contributed by atoms with Crippen LogP contribution in [0.4, 0.5) is 5.69 Å². The van der Waals surface area contributed by atoms with Crippen molar-refractivity contribution < 1.29 is 4.79 Å². The van der Waals surface area contributed by atoms with Gasteiger partial charge in [-0.15, -0.1) is 0 Å². The van der Waals surface area contributed by atoms with Crippen molar-refractivity contribution in [3.8, 4) is 6.07 Å². The van der Waals surface area contributed by atoms with Crippen molar-refractivity contribution in [2.75, 3.05) is 16.8 Å². The number of hydrogen-bond acceptors (Lipinski definition) is 3. The lowest BCUT2D eigenvalue weighted by atomic mass is 9.92. The lowest BCUT2D eigenvalue weighted by Crippen LogP contribution is -2.17. The highest BCUT2D eigenvalue weighted by atomic mass is 32.2. The van der Waals surface area contributed by atoms with Crippen LogP contribution in [-0.4, -0.2) is 17.4 Å². The Morgan fingerprint density at radius 1 is 1.24 bits per heavy atom. The summed E-state index contributed by atoms with van der Waals surface area (Å²) in [7, 11) is 0. The minimum Gasteiger partial charge on any atom is -0.325 e. The van der Waals surface area contributed by atoms with Crippen LogP contribution in [0.3, 0.4) is 0 Å². The summed E-state index contributed by atoms with van der Waals surface area (Å²) in [4.78, 5) is 12.1. The third-order valence-corrected chi connectivity index (χ3v) is 4.19. The molecule has 1 aromatic rings. The molecule has 0 aromatic heterocycles. The minimum absolute atomic E-state index is 0.00735. The van der Waals surface area contributed by atoms with Crippen LogP contribution in [0, 0.1) is 11.3 Å². The molecule has 4 heteroatoms. The van der Waals surface area contributed by atoms with Crippen molar-refractivity contribution in [1.29, 1.82) is 5.26 Å². The first-order valence-electron chi connectivity index (χ1n) is 7.34. The van der Waals surface area contributed by atoms with Gasteiger partial charge in [-0.1, -0.05) is 45.9 Å². The van der Waals surface area contributed by atoms with Crippen LogP contribution in [0.25, 0.3) is 0 Å². The number of carbonyl (C=O) groups excluding carboxylic acids is 1. The molecule has 1 rings (SSSR count). The Balaban J connectivity index is 2.85. The van der Waals surface area contributed by atoms with Gasteiger partial charge in [-0.2, -0.15) is 17.0 Å². The maximum Gasteiger partial charge on any atom is 0.234 e. The van der Waals surface area contributed by atoms with E-state index in [9.17, 15) is 4.79 Å². The summed E-state index contributed by atoms with van der Waals surface area (Å²) in [6.07, 6.45) is 0.484. The van der Waals surface area contributed by atoms with Crippen LogP contribution in [0.2, 0.25) is 0 Å². The second-order valence-corrected chi connectivity index (χ2v) is 6.73. The van der Waals surface area contributed by atoms with E-state index < -0.39 is 0 Å². The molecule has 0 saturated heterocycles. The van der Waals surface area contributed by atoms with Gasteiger partial charge in [0.2, 0.25) is 5.91 Å². The molecule has 0 atom stereocenters. The Morgan fingerprint density at radius 3 is 2.29 bits per heavy atom. The predicted molar refractivity (Wildman–Crippen MR) is 90.8 cm³/mol. The van der Waals surface area contributed by atoms with Gasteiger partial charge in [-0.25, -0.2) is 0 Å². The molecule has 1 aromatic carbocycles. The summed E-state index contributed by atoms with van der Waals surface area (Å²) in [5.74, 6) is 1.83. The number of amides is 1. The van der Waals surface area contributed by atoms with E-state index in [0.29, 0.717) is 29.8 Å². The highest BCUT2D eigenvalue weighted by Gasteiger charge is 2.15. The van der Waals surface area contributed by atoms with Crippen molar-refractivity contribution in [2.45, 2.75) is 46.0 Å². The molecule has 3 nitrogen and oxygen atoms in total. The van der Waals surface area contributed by atoms with Crippen LogP contribution >= 0.6 is 11.8 Å². The molecule has 0 aliphatic carbocycles. The van der Waals surface area contributed by atoms with Gasteiger partial charge in [0, 0.05) is 17.9 Å². The third-order valence-electron chi connectivity index (χ3n) is 3.23. The Labute approximate surface area is 132 Å². The van der Waals surface area contributed by atoms with Gasteiger partial charge in [0.25, 0.3) is 0 Å². The molecule has 0 unspecified atom stereocenters. The van der Waals surface area contributed by atoms with Crippen molar-refractivity contribution in [1.82, 2.24) is 0 Å². The van der Waals surface area contributed by atoms with Crippen molar-refractivity contribution in [2.24, 2.45) is 0 Å². The summed E-state index contributed by atoms with van der Waals surface area (Å²) in [5.41, 5.74) is 3.32. The molecular formula is C17H24N2OS. The minimum atomic E-state index is 0.00735. The predicted octanol–water partition coefficient (Wildman–Crippen LogP) is 4.52. The number of benzene rings is 1. The van der Waals surface area contributed by atoms with Crippen LogP contribution in [0.5, 0.6) is 0 Å². The first-order chi connectivity index (χ1) is 9.97. The fourth-order valence-corrected chi connectivity index (χ4v) is 2.79. The van der Waals surface area contributed by atoms with Crippen LogP contribution in [0.15, 0.2) is 18.2 Å². The molecule has 0 aliphatic heterocycles. The number of nitriles is 1. The summed E-state index contributed by atoms with van der Waals surface area (Å²) in [5, 5.41) is 11.6. The number of para-hydroxylation sites is 1. The molecule has 0 radical (unpaired) electrons. The van der Waals surface area contributed by atoms with E-state index >= 15 is 0 Å². The zero-order valence-electron chi connectivity index (χ0n) is 13.3. The van der Waals surface area contributed by atoms with Crippen molar-refractivity contribution in [3.63, 3.8) is 0 Å². The van der Waals surface area contributed by atoms with E-state index in [1.165, 1.54) is 22.9 Å². The van der Waals surface area contributed by atoms with E-state index in [1.54, 1.807) is 0 Å². The molecular weight excluding hydrogens is 280 g/mol. The van der Waals surface area contributed by atoms with Gasteiger partial charge >= 0.3 is 0 Å². The number of nitrogens with one attached hydrogen (secondary N) is 1. The van der Waals surface area contributed by atoms with Gasteiger partial charge < -0.3 is 5.32 Å². The molecule has 1 N–H and O–H groups in total. The van der Waals surface area contributed by atoms with Crippen LogP contribution < -0.4 is 5.32 Å². The lowest BCUT2D eigenvalue weighted by Gasteiger charge is -2.20. The average Bonchev–Trinajstić information content (AvgIpc) is 2.43. The second-order valence-electron chi connectivity index (χ2n) is 5.63. The zero-order valence-corrected chi connectivity index (χ0v) is 14.1. The zero-order chi connectivity index (χ0) is 15.8. The van der Waals surface area contributed by atoms with Gasteiger partial charge in [0.1, 0.15) is 0 Å². The number of carbonyl (C=O) groups is 1. The summed E-state index contributed by atoms with van der Waals surface area (Å²) in [6.45, 7) is 8.54. The summed E-state index contributed by atoms with van der Waals surface area (Å²) in [6, 6.07) is 8.30. The summed E-state index contributed by atoms with van der Waals surface area (Å²) < 4.78 is 0. The number of hydrogen-bond donors (Lipinski definition) is 1. The quantitative estimate of drug-likeness (QED) is 0.754. The monoisotopic (exact) mass is 304 g/mol. The molecule has 0 spiro atoms. The maximum absolute atomic E-state index is 12.1. The highest BCUT2D eigenvalue weighted by Crippen LogP contribution is 2.32. The van der Waals surface area contributed by atoms with E-state index in [4.69, 9.17) is 5.26 Å². The summed E-state index contributed by atoms with van der Waals surface area (Å²) >= 11 is 1.50. The van der Waals surface area contributed by atoms with Crippen LogP contribution in [0.1, 0.15) is 57.1 Å².